The number of benzene rings is 2. The number of halogens is 2. The van der Waals surface area contributed by atoms with Crippen molar-refractivity contribution in [2.24, 2.45) is 0 Å². The average molecular weight is 524 g/mol. The molecule has 0 bridgehead atoms. The van der Waals surface area contributed by atoms with Crippen LogP contribution in [0.2, 0.25) is 0 Å². The van der Waals surface area contributed by atoms with Crippen LogP contribution in [0.3, 0.4) is 0 Å². The number of hydrogen-bond acceptors (Lipinski definition) is 4. The molecular weight excluding hydrogens is 488 g/mol. The van der Waals surface area contributed by atoms with E-state index in [4.69, 9.17) is 0 Å². The average Bonchev–Trinajstić information content (AvgIpc) is 2.82. The van der Waals surface area contributed by atoms with E-state index in [1.54, 1.807) is 12.1 Å². The van der Waals surface area contributed by atoms with Gasteiger partial charge in [0.2, 0.25) is 21.8 Å². The molecule has 2 aromatic carbocycles. The summed E-state index contributed by atoms with van der Waals surface area (Å²) in [7, 11) is -3.67. The van der Waals surface area contributed by atoms with E-state index < -0.39 is 27.7 Å². The van der Waals surface area contributed by atoms with Gasteiger partial charge >= 0.3 is 0 Å². The Morgan fingerprint density at radius 3 is 2.00 bits per heavy atom. The molecule has 0 spiro atoms. The van der Waals surface area contributed by atoms with Gasteiger partial charge in [0.25, 0.3) is 0 Å². The van der Waals surface area contributed by atoms with Crippen molar-refractivity contribution in [3.8, 4) is 0 Å². The number of hydrogen-bond donors (Lipinski definition) is 1. The summed E-state index contributed by atoms with van der Waals surface area (Å²) in [5.74, 6) is -1.48. The lowest BCUT2D eigenvalue weighted by molar-refractivity contribution is -0.141. The maximum Gasteiger partial charge on any atom is 0.243 e. The third-order valence-corrected chi connectivity index (χ3v) is 7.11. The molecule has 7 nitrogen and oxygen atoms in total. The first-order valence-corrected chi connectivity index (χ1v) is 13.9. The van der Waals surface area contributed by atoms with Crippen LogP contribution in [0.1, 0.15) is 52.0 Å². The number of nitrogens with zero attached hydrogens (tertiary/aromatic N) is 2. The number of rotatable bonds is 13. The number of carbonyl (C=O) groups is 2. The van der Waals surface area contributed by atoms with Gasteiger partial charge in [-0.25, -0.2) is 17.2 Å². The van der Waals surface area contributed by atoms with Gasteiger partial charge in [0.1, 0.15) is 17.7 Å². The summed E-state index contributed by atoms with van der Waals surface area (Å²) in [4.78, 5) is 27.8. The molecule has 2 amide bonds. The maximum absolute atomic E-state index is 13.4. The van der Waals surface area contributed by atoms with Gasteiger partial charge in [-0.3, -0.25) is 13.9 Å². The first-order valence-electron chi connectivity index (χ1n) is 12.0. The van der Waals surface area contributed by atoms with Gasteiger partial charge in [0.15, 0.2) is 0 Å². The molecular formula is C26H35F2N3O4S. The van der Waals surface area contributed by atoms with E-state index in [0.717, 1.165) is 17.0 Å². The molecule has 1 N–H and O–H groups in total. The Morgan fingerprint density at radius 2 is 1.50 bits per heavy atom. The Balaban J connectivity index is 2.21. The Labute approximate surface area is 212 Å². The van der Waals surface area contributed by atoms with Crippen LogP contribution in [0.15, 0.2) is 48.5 Å². The van der Waals surface area contributed by atoms with Crippen molar-refractivity contribution in [1.82, 2.24) is 10.2 Å². The van der Waals surface area contributed by atoms with E-state index in [-0.39, 0.29) is 43.8 Å². The summed E-state index contributed by atoms with van der Waals surface area (Å²) in [5, 5.41) is 2.92. The van der Waals surface area contributed by atoms with Crippen molar-refractivity contribution in [3.05, 3.63) is 65.7 Å². The van der Waals surface area contributed by atoms with Crippen molar-refractivity contribution >= 4 is 27.5 Å². The topological polar surface area (TPSA) is 86.8 Å². The van der Waals surface area contributed by atoms with Crippen LogP contribution in [0.4, 0.5) is 14.5 Å². The second-order valence-corrected chi connectivity index (χ2v) is 10.7. The zero-order valence-corrected chi connectivity index (χ0v) is 22.0. The van der Waals surface area contributed by atoms with Crippen molar-refractivity contribution in [3.63, 3.8) is 0 Å². The van der Waals surface area contributed by atoms with Crippen LogP contribution in [0.25, 0.3) is 0 Å². The molecule has 0 aliphatic heterocycles. The Kier molecular flexibility index (Phi) is 10.8. The minimum atomic E-state index is -3.67. The summed E-state index contributed by atoms with van der Waals surface area (Å²) in [6.07, 6.45) is 2.33. The highest BCUT2D eigenvalue weighted by Crippen LogP contribution is 2.20. The second kappa shape index (κ2) is 13.3. The number of amides is 2. The Bertz CT molecular complexity index is 1110. The number of nitrogens with one attached hydrogen (secondary N) is 1. The highest BCUT2D eigenvalue weighted by Gasteiger charge is 2.29. The lowest BCUT2D eigenvalue weighted by atomic mass is 10.1. The quantitative estimate of drug-likeness (QED) is 0.426. The third kappa shape index (κ3) is 8.58. The molecule has 0 unspecified atom stereocenters. The van der Waals surface area contributed by atoms with Gasteiger partial charge in [-0.2, -0.15) is 0 Å². The lowest BCUT2D eigenvalue weighted by Gasteiger charge is -2.32. The van der Waals surface area contributed by atoms with Gasteiger partial charge in [-0.15, -0.1) is 0 Å². The molecule has 0 aliphatic carbocycles. The fourth-order valence-electron chi connectivity index (χ4n) is 3.76. The molecule has 198 valence electrons. The van der Waals surface area contributed by atoms with Gasteiger partial charge in [0, 0.05) is 25.6 Å². The zero-order chi connectivity index (χ0) is 26.9. The van der Waals surface area contributed by atoms with E-state index in [0.29, 0.717) is 17.7 Å². The first-order chi connectivity index (χ1) is 17.0. The number of carbonyl (C=O) groups excluding carboxylic acids is 2. The molecule has 36 heavy (non-hydrogen) atoms. The molecule has 0 heterocycles. The van der Waals surface area contributed by atoms with Crippen LogP contribution < -0.4 is 9.62 Å². The predicted molar refractivity (Wildman–Crippen MR) is 137 cm³/mol. The largest absolute Gasteiger partial charge is 0.352 e. The molecule has 10 heteroatoms. The zero-order valence-electron chi connectivity index (χ0n) is 21.2. The normalized spacial score (nSPS) is 13.1. The molecule has 0 radical (unpaired) electrons. The highest BCUT2D eigenvalue weighted by molar-refractivity contribution is 7.92. The van der Waals surface area contributed by atoms with Gasteiger partial charge in [-0.05, 0) is 68.1 Å². The summed E-state index contributed by atoms with van der Waals surface area (Å²) >= 11 is 0. The van der Waals surface area contributed by atoms with E-state index in [9.17, 15) is 26.8 Å². The first kappa shape index (κ1) is 29.2. The molecule has 2 rings (SSSR count). The monoisotopic (exact) mass is 523 g/mol. The second-order valence-electron chi connectivity index (χ2n) is 8.81. The van der Waals surface area contributed by atoms with Crippen molar-refractivity contribution in [2.45, 2.75) is 65.1 Å². The Hall–Kier alpha value is -3.01. The van der Waals surface area contributed by atoms with E-state index in [1.807, 2.05) is 20.8 Å². The molecule has 0 saturated carbocycles. The van der Waals surface area contributed by atoms with Crippen molar-refractivity contribution in [1.29, 1.82) is 0 Å². The van der Waals surface area contributed by atoms with Gasteiger partial charge < -0.3 is 10.2 Å². The van der Waals surface area contributed by atoms with Crippen LogP contribution in [0, 0.1) is 11.6 Å². The summed E-state index contributed by atoms with van der Waals surface area (Å²) in [5.41, 5.74) is 0.970. The van der Waals surface area contributed by atoms with E-state index in [2.05, 4.69) is 5.32 Å². The van der Waals surface area contributed by atoms with Crippen molar-refractivity contribution in [2.75, 3.05) is 17.1 Å². The van der Waals surface area contributed by atoms with Crippen LogP contribution in [-0.4, -0.2) is 50.0 Å². The summed E-state index contributed by atoms with van der Waals surface area (Å²) in [6, 6.07) is 10.00. The number of anilines is 1. The molecule has 0 aliphatic rings. The van der Waals surface area contributed by atoms with Crippen LogP contribution in [-0.2, 0) is 26.2 Å². The molecule has 0 fully saturated rings. The maximum atomic E-state index is 13.4. The molecule has 2 aromatic rings. The SMILES string of the molecule is CC[C@H](C(=O)N[C@@H](C)CC)N(Cc1ccc(F)cc1)C(=O)CCCN(c1ccc(F)cc1)S(C)(=O)=O. The minimum Gasteiger partial charge on any atom is -0.352 e. The molecule has 0 saturated heterocycles. The van der Waals surface area contributed by atoms with E-state index in [1.165, 1.54) is 41.3 Å². The smallest absolute Gasteiger partial charge is 0.243 e. The number of sulfonamides is 1. The summed E-state index contributed by atoms with van der Waals surface area (Å²) < 4.78 is 52.5. The highest BCUT2D eigenvalue weighted by atomic mass is 32.2. The van der Waals surface area contributed by atoms with Crippen LogP contribution >= 0.6 is 0 Å². The lowest BCUT2D eigenvalue weighted by Crippen LogP contribution is -2.50. The minimum absolute atomic E-state index is 0.0104. The predicted octanol–water partition coefficient (Wildman–Crippen LogP) is 4.23. The van der Waals surface area contributed by atoms with Crippen LogP contribution in [0.5, 0.6) is 0 Å². The fraction of sp³-hybridized carbons (Fsp3) is 0.462. The van der Waals surface area contributed by atoms with Gasteiger partial charge in [0.05, 0.1) is 11.9 Å². The fourth-order valence-corrected chi connectivity index (χ4v) is 4.72. The standard InChI is InChI=1S/C26H35F2N3O4S/c1-5-19(3)29-26(33)24(6-2)30(18-20-9-11-21(27)12-10-20)25(32)8-7-17-31(36(4,34)35)23-15-13-22(28)14-16-23/h9-16,19,24H,5-8,17-18H2,1-4H3,(H,29,33)/t19-,24+/m0/s1. The molecule has 2 atom stereocenters. The molecule has 0 aromatic heterocycles. The Morgan fingerprint density at radius 1 is 0.944 bits per heavy atom. The van der Waals surface area contributed by atoms with Crippen molar-refractivity contribution < 1.29 is 26.8 Å². The van der Waals surface area contributed by atoms with Gasteiger partial charge in [-0.1, -0.05) is 26.0 Å². The summed E-state index contributed by atoms with van der Waals surface area (Å²) in [6.45, 7) is 5.76. The third-order valence-electron chi connectivity index (χ3n) is 5.92. The van der Waals surface area contributed by atoms with E-state index >= 15 is 0 Å².